The standard InChI is InChI=1S/C20H18N2/c1-16-8-6-7-11-19(16)20-13-12-18(15-22(20)2)21-14-17-9-4-3-5-10-17/h3-14H,1-2H3. The van der Waals surface area contributed by atoms with Crippen LogP contribution < -0.4 is 4.57 Å². The van der Waals surface area contributed by atoms with Gasteiger partial charge in [0.25, 0.3) is 0 Å². The van der Waals surface area contributed by atoms with E-state index in [0.717, 1.165) is 16.9 Å². The zero-order chi connectivity index (χ0) is 15.4. The van der Waals surface area contributed by atoms with E-state index in [0.29, 0.717) is 0 Å². The lowest BCUT2D eigenvalue weighted by Crippen LogP contribution is -2.31. The molecule has 2 heteroatoms. The molecule has 3 rings (SSSR count). The molecule has 0 amide bonds. The Labute approximate surface area is 131 Å². The zero-order valence-corrected chi connectivity index (χ0v) is 12.8. The molecular weight excluding hydrogens is 268 g/mol. The van der Waals surface area contributed by atoms with Crippen LogP contribution in [0.3, 0.4) is 0 Å². The third-order valence-corrected chi connectivity index (χ3v) is 3.62. The van der Waals surface area contributed by atoms with Gasteiger partial charge in [-0.05, 0) is 23.6 Å². The molecule has 0 atom stereocenters. The third-order valence-electron chi connectivity index (χ3n) is 3.62. The van der Waals surface area contributed by atoms with Crippen molar-refractivity contribution in [2.24, 2.45) is 12.0 Å². The Morgan fingerprint density at radius 2 is 1.64 bits per heavy atom. The van der Waals surface area contributed by atoms with E-state index in [4.69, 9.17) is 0 Å². The molecule has 0 radical (unpaired) electrons. The zero-order valence-electron chi connectivity index (χ0n) is 12.8. The Hall–Kier alpha value is -2.74. The van der Waals surface area contributed by atoms with Crippen molar-refractivity contribution in [2.75, 3.05) is 0 Å². The lowest BCUT2D eigenvalue weighted by atomic mass is 10.0. The maximum absolute atomic E-state index is 4.49. The van der Waals surface area contributed by atoms with Crippen LogP contribution in [0.25, 0.3) is 11.3 Å². The monoisotopic (exact) mass is 286 g/mol. The highest BCUT2D eigenvalue weighted by Gasteiger charge is 2.05. The van der Waals surface area contributed by atoms with Crippen molar-refractivity contribution < 1.29 is 4.57 Å². The second-order valence-corrected chi connectivity index (χ2v) is 5.26. The summed E-state index contributed by atoms with van der Waals surface area (Å²) < 4.78 is 2.00. The van der Waals surface area contributed by atoms with Crippen LogP contribution in [-0.2, 0) is 7.05 Å². The maximum atomic E-state index is 4.49. The maximum Gasteiger partial charge on any atom is 0.141 e. The van der Waals surface area contributed by atoms with Crippen molar-refractivity contribution in [3.8, 4) is 11.3 Å². The van der Waals surface area contributed by atoms with Gasteiger partial charge in [-0.15, -0.1) is 6.07 Å². The van der Waals surface area contributed by atoms with Crippen molar-refractivity contribution in [1.82, 2.24) is 0 Å². The smallest absolute Gasteiger partial charge is 0.141 e. The summed E-state index contributed by atoms with van der Waals surface area (Å²) in [5.41, 5.74) is 5.52. The summed E-state index contributed by atoms with van der Waals surface area (Å²) in [7, 11) is 2.00. The van der Waals surface area contributed by atoms with Gasteiger partial charge < -0.3 is 4.57 Å². The number of hydrogen-bond acceptors (Lipinski definition) is 1. The Morgan fingerprint density at radius 1 is 0.909 bits per heavy atom. The fourth-order valence-electron chi connectivity index (χ4n) is 2.42. The number of hydrogen-bond donors (Lipinski definition) is 0. The average Bonchev–Trinajstić information content (AvgIpc) is 2.55. The SMILES string of the molecule is Cc1ccccc1-c1ccc(N=Cc2ccccc2)[c-][n+]1C. The van der Waals surface area contributed by atoms with Gasteiger partial charge in [0, 0.05) is 11.9 Å². The largest absolute Gasteiger partial charge is 0.305 e. The summed E-state index contributed by atoms with van der Waals surface area (Å²) in [6.45, 7) is 2.12. The highest BCUT2D eigenvalue weighted by atomic mass is 14.9. The topological polar surface area (TPSA) is 16.2 Å². The molecule has 2 aromatic carbocycles. The Balaban J connectivity index is 1.90. The summed E-state index contributed by atoms with van der Waals surface area (Å²) in [6.07, 6.45) is 5.15. The minimum Gasteiger partial charge on any atom is -0.305 e. The molecule has 0 unspecified atom stereocenters. The number of aliphatic imine (C=N–C) groups is 1. The predicted molar refractivity (Wildman–Crippen MR) is 90.3 cm³/mol. The number of aromatic nitrogens is 1. The van der Waals surface area contributed by atoms with Crippen LogP contribution in [0, 0.1) is 13.1 Å². The van der Waals surface area contributed by atoms with Crippen LogP contribution >= 0.6 is 0 Å². The van der Waals surface area contributed by atoms with E-state index in [-0.39, 0.29) is 0 Å². The van der Waals surface area contributed by atoms with Crippen molar-refractivity contribution in [1.29, 1.82) is 0 Å². The molecule has 2 nitrogen and oxygen atoms in total. The van der Waals surface area contributed by atoms with Gasteiger partial charge in [0.1, 0.15) is 18.9 Å². The van der Waals surface area contributed by atoms with Gasteiger partial charge in [0.2, 0.25) is 0 Å². The summed E-state index contributed by atoms with van der Waals surface area (Å²) in [5, 5.41) is 0. The molecule has 3 aromatic rings. The summed E-state index contributed by atoms with van der Waals surface area (Å²) >= 11 is 0. The lowest BCUT2D eigenvalue weighted by Gasteiger charge is -2.10. The van der Waals surface area contributed by atoms with Crippen molar-refractivity contribution in [3.05, 3.63) is 84.1 Å². The molecule has 0 spiro atoms. The van der Waals surface area contributed by atoms with E-state index in [2.05, 4.69) is 48.4 Å². The molecule has 1 aromatic heterocycles. The number of nitrogens with zero attached hydrogens (tertiary/aromatic N) is 2. The number of pyridine rings is 1. The molecule has 22 heavy (non-hydrogen) atoms. The molecule has 0 fully saturated rings. The third kappa shape index (κ3) is 3.12. The first-order chi connectivity index (χ1) is 10.7. The van der Waals surface area contributed by atoms with E-state index in [9.17, 15) is 0 Å². The van der Waals surface area contributed by atoms with Crippen LogP contribution in [-0.4, -0.2) is 6.21 Å². The molecule has 0 aliphatic heterocycles. The van der Waals surface area contributed by atoms with Gasteiger partial charge in [0.05, 0.1) is 0 Å². The quantitative estimate of drug-likeness (QED) is 0.392. The molecule has 108 valence electrons. The first-order valence-corrected chi connectivity index (χ1v) is 7.31. The number of benzene rings is 2. The Bertz CT molecular complexity index is 805. The van der Waals surface area contributed by atoms with Crippen LogP contribution in [0.2, 0.25) is 0 Å². The van der Waals surface area contributed by atoms with Gasteiger partial charge in [-0.25, -0.2) is 0 Å². The lowest BCUT2D eigenvalue weighted by molar-refractivity contribution is -0.664. The highest BCUT2D eigenvalue weighted by Crippen LogP contribution is 2.21. The minimum absolute atomic E-state index is 0.823. The average molecular weight is 286 g/mol. The second-order valence-electron chi connectivity index (χ2n) is 5.26. The highest BCUT2D eigenvalue weighted by molar-refractivity contribution is 5.81. The molecule has 0 saturated heterocycles. The van der Waals surface area contributed by atoms with Crippen molar-refractivity contribution in [2.45, 2.75) is 6.92 Å². The fourth-order valence-corrected chi connectivity index (χ4v) is 2.42. The van der Waals surface area contributed by atoms with Gasteiger partial charge in [0.15, 0.2) is 0 Å². The molecular formula is C20H18N2. The Morgan fingerprint density at radius 3 is 2.36 bits per heavy atom. The summed E-state index contributed by atoms with van der Waals surface area (Å²) in [6, 6.07) is 22.5. The first-order valence-electron chi connectivity index (χ1n) is 7.31. The molecule has 0 aliphatic carbocycles. The van der Waals surface area contributed by atoms with E-state index in [1.807, 2.05) is 54.2 Å². The molecule has 1 heterocycles. The van der Waals surface area contributed by atoms with Crippen molar-refractivity contribution >= 4 is 11.9 Å². The fraction of sp³-hybridized carbons (Fsp3) is 0.100. The van der Waals surface area contributed by atoms with E-state index in [1.165, 1.54) is 11.1 Å². The van der Waals surface area contributed by atoms with Crippen LogP contribution in [0.5, 0.6) is 0 Å². The number of aryl methyl sites for hydroxylation is 2. The van der Waals surface area contributed by atoms with E-state index < -0.39 is 0 Å². The first kappa shape index (κ1) is 14.2. The normalized spacial score (nSPS) is 11.0. The predicted octanol–water partition coefficient (Wildman–Crippen LogP) is 4.04. The minimum atomic E-state index is 0.823. The van der Waals surface area contributed by atoms with Crippen LogP contribution in [0.1, 0.15) is 11.1 Å². The molecule has 0 saturated carbocycles. The van der Waals surface area contributed by atoms with E-state index >= 15 is 0 Å². The second kappa shape index (κ2) is 6.35. The molecule has 0 aliphatic rings. The summed E-state index contributed by atoms with van der Waals surface area (Å²) in [5.74, 6) is 0. The van der Waals surface area contributed by atoms with Gasteiger partial charge in [-0.3, -0.25) is 4.99 Å². The van der Waals surface area contributed by atoms with E-state index in [1.54, 1.807) is 0 Å². The van der Waals surface area contributed by atoms with Gasteiger partial charge in [-0.1, -0.05) is 60.7 Å². The number of rotatable bonds is 3. The van der Waals surface area contributed by atoms with Crippen molar-refractivity contribution in [3.63, 3.8) is 0 Å². The van der Waals surface area contributed by atoms with Crippen LogP contribution in [0.4, 0.5) is 5.69 Å². The summed E-state index contributed by atoms with van der Waals surface area (Å²) in [4.78, 5) is 4.49. The molecule has 0 bridgehead atoms. The van der Waals surface area contributed by atoms with Gasteiger partial charge in [-0.2, -0.15) is 0 Å². The van der Waals surface area contributed by atoms with Crippen LogP contribution in [0.15, 0.2) is 71.7 Å². The Kier molecular flexibility index (Phi) is 4.10. The van der Waals surface area contributed by atoms with Gasteiger partial charge >= 0.3 is 0 Å². The molecule has 0 N–H and O–H groups in total.